The Labute approximate surface area is 109 Å². The Morgan fingerprint density at radius 1 is 1.29 bits per heavy atom. The first-order valence-corrected chi connectivity index (χ1v) is 6.91. The molecule has 4 heteroatoms. The first-order chi connectivity index (χ1) is 8.24. The molecule has 0 bridgehead atoms. The molecule has 0 aromatic heterocycles. The quantitative estimate of drug-likeness (QED) is 0.902. The minimum absolute atomic E-state index is 0.211. The number of fused-ring (bicyclic) bond motifs is 1. The maximum atomic E-state index is 13.6. The number of halogens is 2. The SMILES string of the molecule is Fc1cc2c(cc1Br)OCCCC2NC1CC1. The highest BCUT2D eigenvalue weighted by molar-refractivity contribution is 9.10. The molecule has 1 fully saturated rings. The number of hydrogen-bond donors (Lipinski definition) is 1. The average molecular weight is 300 g/mol. The standard InChI is InChI=1S/C13H15BrFNO/c14-10-7-13-9(6-11(10)15)12(2-1-5-17-13)16-8-3-4-8/h6-8,12,16H,1-5H2. The van der Waals surface area contributed by atoms with Crippen molar-refractivity contribution in [2.75, 3.05) is 6.61 Å². The molecule has 1 aromatic carbocycles. The van der Waals surface area contributed by atoms with Gasteiger partial charge in [0.05, 0.1) is 11.1 Å². The number of rotatable bonds is 2. The zero-order valence-electron chi connectivity index (χ0n) is 9.51. The van der Waals surface area contributed by atoms with Gasteiger partial charge in [0, 0.05) is 17.6 Å². The largest absolute Gasteiger partial charge is 0.493 e. The van der Waals surface area contributed by atoms with Crippen molar-refractivity contribution in [2.45, 2.75) is 37.8 Å². The van der Waals surface area contributed by atoms with Gasteiger partial charge in [-0.15, -0.1) is 0 Å². The van der Waals surface area contributed by atoms with Crippen molar-refractivity contribution in [1.29, 1.82) is 0 Å². The van der Waals surface area contributed by atoms with Gasteiger partial charge in [0.2, 0.25) is 0 Å². The first-order valence-electron chi connectivity index (χ1n) is 6.12. The molecule has 1 saturated carbocycles. The lowest BCUT2D eigenvalue weighted by molar-refractivity contribution is 0.314. The molecule has 1 unspecified atom stereocenters. The third-order valence-corrected chi connectivity index (χ3v) is 3.94. The molecule has 0 saturated heterocycles. The van der Waals surface area contributed by atoms with Gasteiger partial charge in [0.15, 0.2) is 0 Å². The van der Waals surface area contributed by atoms with Crippen LogP contribution in [0, 0.1) is 5.82 Å². The number of nitrogens with one attached hydrogen (secondary N) is 1. The van der Waals surface area contributed by atoms with E-state index in [2.05, 4.69) is 21.2 Å². The minimum Gasteiger partial charge on any atom is -0.493 e. The van der Waals surface area contributed by atoms with E-state index in [1.165, 1.54) is 12.8 Å². The second-order valence-electron chi connectivity index (χ2n) is 4.79. The predicted octanol–water partition coefficient (Wildman–Crippen LogP) is 3.55. The van der Waals surface area contributed by atoms with Crippen LogP contribution in [0.25, 0.3) is 0 Å². The van der Waals surface area contributed by atoms with Gasteiger partial charge in [-0.25, -0.2) is 4.39 Å². The summed E-state index contributed by atoms with van der Waals surface area (Å²) in [6, 6.07) is 4.21. The second-order valence-corrected chi connectivity index (χ2v) is 5.64. The first kappa shape index (κ1) is 11.5. The van der Waals surface area contributed by atoms with Crippen LogP contribution in [0.5, 0.6) is 5.75 Å². The highest BCUT2D eigenvalue weighted by Crippen LogP contribution is 2.37. The summed E-state index contributed by atoms with van der Waals surface area (Å²) >= 11 is 3.21. The van der Waals surface area contributed by atoms with Crippen LogP contribution in [0.3, 0.4) is 0 Å². The maximum Gasteiger partial charge on any atom is 0.137 e. The van der Waals surface area contributed by atoms with E-state index in [0.717, 1.165) is 24.2 Å². The summed E-state index contributed by atoms with van der Waals surface area (Å²) in [5.74, 6) is 0.603. The van der Waals surface area contributed by atoms with E-state index in [1.54, 1.807) is 12.1 Å². The van der Waals surface area contributed by atoms with Crippen LogP contribution < -0.4 is 10.1 Å². The summed E-state index contributed by atoms with van der Waals surface area (Å²) in [5.41, 5.74) is 0.968. The van der Waals surface area contributed by atoms with Gasteiger partial charge in [-0.05, 0) is 53.7 Å². The summed E-state index contributed by atoms with van der Waals surface area (Å²) in [4.78, 5) is 0. The lowest BCUT2D eigenvalue weighted by Gasteiger charge is -2.18. The Hall–Kier alpha value is -0.610. The van der Waals surface area contributed by atoms with E-state index >= 15 is 0 Å². The molecular weight excluding hydrogens is 285 g/mol. The number of hydrogen-bond acceptors (Lipinski definition) is 2. The van der Waals surface area contributed by atoms with E-state index in [4.69, 9.17) is 4.74 Å². The average Bonchev–Trinajstić information content (AvgIpc) is 3.11. The number of benzene rings is 1. The van der Waals surface area contributed by atoms with Crippen LogP contribution in [0.4, 0.5) is 4.39 Å². The Morgan fingerprint density at radius 3 is 2.88 bits per heavy atom. The van der Waals surface area contributed by atoms with E-state index in [-0.39, 0.29) is 11.9 Å². The van der Waals surface area contributed by atoms with Crippen LogP contribution >= 0.6 is 15.9 Å². The van der Waals surface area contributed by atoms with Crippen molar-refractivity contribution < 1.29 is 9.13 Å². The molecule has 0 spiro atoms. The van der Waals surface area contributed by atoms with Crippen LogP contribution in [-0.2, 0) is 0 Å². The molecule has 1 N–H and O–H groups in total. The fourth-order valence-electron chi connectivity index (χ4n) is 2.27. The molecule has 0 radical (unpaired) electrons. The molecular formula is C13H15BrFNO. The summed E-state index contributed by atoms with van der Waals surface area (Å²) < 4.78 is 19.8. The van der Waals surface area contributed by atoms with Gasteiger partial charge >= 0.3 is 0 Å². The summed E-state index contributed by atoms with van der Waals surface area (Å²) in [6.45, 7) is 0.716. The molecule has 3 rings (SSSR count). The Kier molecular flexibility index (Phi) is 3.09. The molecule has 2 aliphatic rings. The normalized spacial score (nSPS) is 23.8. The summed E-state index contributed by atoms with van der Waals surface area (Å²) in [7, 11) is 0. The molecule has 2 nitrogen and oxygen atoms in total. The van der Waals surface area contributed by atoms with E-state index < -0.39 is 0 Å². The molecule has 1 aromatic rings. The van der Waals surface area contributed by atoms with E-state index in [0.29, 0.717) is 17.1 Å². The zero-order valence-corrected chi connectivity index (χ0v) is 11.1. The molecule has 1 atom stereocenters. The molecule has 92 valence electrons. The highest BCUT2D eigenvalue weighted by atomic mass is 79.9. The Morgan fingerprint density at radius 2 is 2.12 bits per heavy atom. The van der Waals surface area contributed by atoms with E-state index in [1.807, 2.05) is 0 Å². The topological polar surface area (TPSA) is 21.3 Å². The van der Waals surface area contributed by atoms with Gasteiger partial charge < -0.3 is 10.1 Å². The fourth-order valence-corrected chi connectivity index (χ4v) is 2.60. The summed E-state index contributed by atoms with van der Waals surface area (Å²) in [6.07, 6.45) is 4.51. The third-order valence-electron chi connectivity index (χ3n) is 3.34. The minimum atomic E-state index is -0.211. The van der Waals surface area contributed by atoms with Crippen molar-refractivity contribution in [1.82, 2.24) is 5.32 Å². The van der Waals surface area contributed by atoms with Crippen molar-refractivity contribution >= 4 is 15.9 Å². The van der Waals surface area contributed by atoms with Crippen LogP contribution in [0.15, 0.2) is 16.6 Å². The molecule has 1 heterocycles. The Bertz CT molecular complexity index is 434. The lowest BCUT2D eigenvalue weighted by Crippen LogP contribution is -2.23. The van der Waals surface area contributed by atoms with Crippen molar-refractivity contribution in [3.8, 4) is 5.75 Å². The molecule has 1 aliphatic carbocycles. The molecule has 0 amide bonds. The van der Waals surface area contributed by atoms with Gasteiger partial charge in [-0.1, -0.05) is 0 Å². The van der Waals surface area contributed by atoms with Gasteiger partial charge in [0.1, 0.15) is 11.6 Å². The van der Waals surface area contributed by atoms with Crippen LogP contribution in [0.1, 0.15) is 37.3 Å². The lowest BCUT2D eigenvalue weighted by atomic mass is 10.0. The van der Waals surface area contributed by atoms with Gasteiger partial charge in [-0.2, -0.15) is 0 Å². The van der Waals surface area contributed by atoms with Gasteiger partial charge in [-0.3, -0.25) is 0 Å². The summed E-state index contributed by atoms with van der Waals surface area (Å²) in [5, 5.41) is 3.57. The van der Waals surface area contributed by atoms with Crippen molar-refractivity contribution in [3.05, 3.63) is 28.0 Å². The van der Waals surface area contributed by atoms with E-state index in [9.17, 15) is 4.39 Å². The van der Waals surface area contributed by atoms with Crippen LogP contribution in [-0.4, -0.2) is 12.6 Å². The Balaban J connectivity index is 1.94. The van der Waals surface area contributed by atoms with Crippen molar-refractivity contribution in [3.63, 3.8) is 0 Å². The molecule has 17 heavy (non-hydrogen) atoms. The maximum absolute atomic E-state index is 13.6. The predicted molar refractivity (Wildman–Crippen MR) is 67.7 cm³/mol. The van der Waals surface area contributed by atoms with Crippen molar-refractivity contribution in [2.24, 2.45) is 0 Å². The monoisotopic (exact) mass is 299 g/mol. The van der Waals surface area contributed by atoms with Crippen LogP contribution in [0.2, 0.25) is 0 Å². The fraction of sp³-hybridized carbons (Fsp3) is 0.538. The highest BCUT2D eigenvalue weighted by Gasteiger charge is 2.28. The zero-order chi connectivity index (χ0) is 11.8. The smallest absolute Gasteiger partial charge is 0.137 e. The molecule has 1 aliphatic heterocycles. The van der Waals surface area contributed by atoms with Gasteiger partial charge in [0.25, 0.3) is 0 Å². The third kappa shape index (κ3) is 2.47. The second kappa shape index (κ2) is 4.58. The number of ether oxygens (including phenoxy) is 1.